The summed E-state index contributed by atoms with van der Waals surface area (Å²) in [6, 6.07) is 6.19. The molecule has 0 N–H and O–H groups in total. The summed E-state index contributed by atoms with van der Waals surface area (Å²) in [5.74, 6) is 1.49. The van der Waals surface area contributed by atoms with Crippen LogP contribution in [-0.2, 0) is 11.2 Å². The Morgan fingerprint density at radius 3 is 2.69 bits per heavy atom. The highest BCUT2D eigenvalue weighted by atomic mass is 16.5. The van der Waals surface area contributed by atoms with Crippen LogP contribution in [0.5, 0.6) is 0 Å². The van der Waals surface area contributed by atoms with E-state index in [9.17, 15) is 4.79 Å². The highest BCUT2D eigenvalue weighted by Crippen LogP contribution is 2.31. The van der Waals surface area contributed by atoms with Gasteiger partial charge in [0.2, 0.25) is 5.91 Å². The quantitative estimate of drug-likeness (QED) is 0.824. The molecule has 0 atom stereocenters. The van der Waals surface area contributed by atoms with Crippen LogP contribution in [0.4, 0.5) is 0 Å². The Morgan fingerprint density at radius 2 is 2.04 bits per heavy atom. The first-order valence-corrected chi connectivity index (χ1v) is 9.34. The van der Waals surface area contributed by atoms with Gasteiger partial charge < -0.3 is 14.3 Å². The van der Waals surface area contributed by atoms with E-state index in [0.717, 1.165) is 60.8 Å². The second kappa shape index (κ2) is 7.99. The highest BCUT2D eigenvalue weighted by molar-refractivity contribution is 5.78. The molecule has 2 aromatic rings. The van der Waals surface area contributed by atoms with Gasteiger partial charge in [0.1, 0.15) is 5.76 Å². The maximum Gasteiger partial charge on any atom is 0.236 e. The van der Waals surface area contributed by atoms with Gasteiger partial charge in [0.05, 0.1) is 23.5 Å². The number of aromatic nitrogens is 2. The molecule has 6 nitrogen and oxygen atoms in total. The van der Waals surface area contributed by atoms with E-state index in [1.54, 1.807) is 0 Å². The third kappa shape index (κ3) is 3.96. The summed E-state index contributed by atoms with van der Waals surface area (Å²) < 4.78 is 5.42. The number of pyridine rings is 1. The maximum atomic E-state index is 12.2. The number of amides is 1. The van der Waals surface area contributed by atoms with Crippen LogP contribution in [0.1, 0.15) is 42.8 Å². The fraction of sp³-hybridized carbons (Fsp3) is 0.550. The minimum absolute atomic E-state index is 0.211. The number of nitrogens with zero attached hydrogens (tertiary/aromatic N) is 4. The van der Waals surface area contributed by atoms with Crippen LogP contribution in [0.15, 0.2) is 22.7 Å². The molecule has 1 aliphatic heterocycles. The first-order valence-electron chi connectivity index (χ1n) is 9.34. The van der Waals surface area contributed by atoms with Crippen LogP contribution in [-0.4, -0.2) is 59.6 Å². The minimum Gasteiger partial charge on any atom is -0.360 e. The zero-order valence-electron chi connectivity index (χ0n) is 16.2. The lowest BCUT2D eigenvalue weighted by molar-refractivity contribution is -0.132. The lowest BCUT2D eigenvalue weighted by Gasteiger charge is -2.32. The molecule has 2 aromatic heterocycles. The van der Waals surface area contributed by atoms with Gasteiger partial charge in [0.15, 0.2) is 0 Å². The van der Waals surface area contributed by atoms with E-state index in [4.69, 9.17) is 9.51 Å². The number of rotatable bonds is 5. The summed E-state index contributed by atoms with van der Waals surface area (Å²) >= 11 is 0. The number of carbonyl (C=O) groups is 1. The molecule has 140 valence electrons. The van der Waals surface area contributed by atoms with Gasteiger partial charge in [-0.05, 0) is 46.0 Å². The second-order valence-electron chi connectivity index (χ2n) is 7.26. The van der Waals surface area contributed by atoms with E-state index in [1.807, 2.05) is 36.9 Å². The Hall–Kier alpha value is -2.21. The van der Waals surface area contributed by atoms with Gasteiger partial charge >= 0.3 is 0 Å². The van der Waals surface area contributed by atoms with Crippen molar-refractivity contribution in [3.63, 3.8) is 0 Å². The van der Waals surface area contributed by atoms with Gasteiger partial charge in [-0.1, -0.05) is 18.1 Å². The van der Waals surface area contributed by atoms with Gasteiger partial charge in [0, 0.05) is 31.1 Å². The number of hydrogen-bond acceptors (Lipinski definition) is 5. The number of likely N-dealkylation sites (N-methyl/N-ethyl adjacent to an activating group) is 1. The van der Waals surface area contributed by atoms with Crippen molar-refractivity contribution in [3.8, 4) is 11.3 Å². The average molecular weight is 356 g/mol. The van der Waals surface area contributed by atoms with Crippen LogP contribution in [0.3, 0.4) is 0 Å². The molecule has 26 heavy (non-hydrogen) atoms. The number of aryl methyl sites for hydroxylation is 2. The first kappa shape index (κ1) is 18.6. The van der Waals surface area contributed by atoms with Crippen molar-refractivity contribution in [2.45, 2.75) is 39.0 Å². The Morgan fingerprint density at radius 1 is 1.31 bits per heavy atom. The largest absolute Gasteiger partial charge is 0.360 e. The lowest BCUT2D eigenvalue weighted by Crippen LogP contribution is -2.42. The summed E-state index contributed by atoms with van der Waals surface area (Å²) in [5, 5.41) is 4.10. The maximum absolute atomic E-state index is 12.2. The molecule has 0 aliphatic carbocycles. The van der Waals surface area contributed by atoms with E-state index in [-0.39, 0.29) is 5.91 Å². The molecule has 0 saturated carbocycles. The zero-order valence-corrected chi connectivity index (χ0v) is 16.2. The molecule has 6 heteroatoms. The van der Waals surface area contributed by atoms with Crippen molar-refractivity contribution in [1.29, 1.82) is 0 Å². The topological polar surface area (TPSA) is 62.5 Å². The SMILES string of the molecule is CCc1onc(C)c1-c1cccc(C2CCN(C(=O)CN(C)C)CC2)n1. The van der Waals surface area contributed by atoms with Crippen LogP contribution in [0.25, 0.3) is 11.3 Å². The van der Waals surface area contributed by atoms with Crippen molar-refractivity contribution in [1.82, 2.24) is 19.9 Å². The summed E-state index contributed by atoms with van der Waals surface area (Å²) in [6.45, 7) is 6.10. The van der Waals surface area contributed by atoms with Crippen molar-refractivity contribution in [3.05, 3.63) is 35.3 Å². The molecule has 1 saturated heterocycles. The number of hydrogen-bond donors (Lipinski definition) is 0. The fourth-order valence-corrected chi connectivity index (χ4v) is 3.60. The third-order valence-electron chi connectivity index (χ3n) is 5.00. The van der Waals surface area contributed by atoms with E-state index < -0.39 is 0 Å². The number of likely N-dealkylation sites (tertiary alicyclic amines) is 1. The van der Waals surface area contributed by atoms with Crippen LogP contribution >= 0.6 is 0 Å². The van der Waals surface area contributed by atoms with Crippen LogP contribution < -0.4 is 0 Å². The summed E-state index contributed by atoms with van der Waals surface area (Å²) in [6.07, 6.45) is 2.71. The van der Waals surface area contributed by atoms with Gasteiger partial charge in [-0.2, -0.15) is 0 Å². The molecule has 0 bridgehead atoms. The molecular formula is C20H28N4O2. The molecule has 0 radical (unpaired) electrons. The number of piperidine rings is 1. The smallest absolute Gasteiger partial charge is 0.236 e. The predicted octanol–water partition coefficient (Wildman–Crippen LogP) is 2.88. The molecule has 3 rings (SSSR count). The van der Waals surface area contributed by atoms with E-state index in [2.05, 4.69) is 24.2 Å². The Balaban J connectivity index is 1.72. The van der Waals surface area contributed by atoms with E-state index in [0.29, 0.717) is 12.5 Å². The third-order valence-corrected chi connectivity index (χ3v) is 5.00. The number of carbonyl (C=O) groups excluding carboxylic acids is 1. The monoisotopic (exact) mass is 356 g/mol. The molecular weight excluding hydrogens is 328 g/mol. The van der Waals surface area contributed by atoms with Crippen LogP contribution in [0, 0.1) is 6.92 Å². The first-order chi connectivity index (χ1) is 12.5. The molecule has 3 heterocycles. The van der Waals surface area contributed by atoms with E-state index >= 15 is 0 Å². The van der Waals surface area contributed by atoms with Crippen molar-refractivity contribution >= 4 is 5.91 Å². The Kier molecular flexibility index (Phi) is 5.71. The predicted molar refractivity (Wildman–Crippen MR) is 101 cm³/mol. The van der Waals surface area contributed by atoms with E-state index in [1.165, 1.54) is 0 Å². The second-order valence-corrected chi connectivity index (χ2v) is 7.26. The summed E-state index contributed by atoms with van der Waals surface area (Å²) in [7, 11) is 3.86. The standard InChI is InChI=1S/C20H28N4O2/c1-5-18-20(14(2)22-26-18)17-8-6-7-16(21-17)15-9-11-24(12-10-15)19(25)13-23(3)4/h6-8,15H,5,9-13H2,1-4H3. The minimum atomic E-state index is 0.211. The Labute approximate surface area is 155 Å². The molecule has 1 aliphatic rings. The Bertz CT molecular complexity index is 761. The molecule has 0 aromatic carbocycles. The zero-order chi connectivity index (χ0) is 18.7. The highest BCUT2D eigenvalue weighted by Gasteiger charge is 2.25. The van der Waals surface area contributed by atoms with Gasteiger partial charge in [-0.3, -0.25) is 9.78 Å². The van der Waals surface area contributed by atoms with Crippen molar-refractivity contribution in [2.24, 2.45) is 0 Å². The van der Waals surface area contributed by atoms with Crippen molar-refractivity contribution < 1.29 is 9.32 Å². The van der Waals surface area contributed by atoms with Gasteiger partial charge in [-0.15, -0.1) is 0 Å². The molecule has 0 spiro atoms. The summed E-state index contributed by atoms with van der Waals surface area (Å²) in [5.41, 5.74) is 3.94. The molecule has 1 amide bonds. The lowest BCUT2D eigenvalue weighted by atomic mass is 9.92. The fourth-order valence-electron chi connectivity index (χ4n) is 3.60. The van der Waals surface area contributed by atoms with Gasteiger partial charge in [-0.25, -0.2) is 0 Å². The van der Waals surface area contributed by atoms with Crippen LogP contribution in [0.2, 0.25) is 0 Å². The average Bonchev–Trinajstić information content (AvgIpc) is 3.02. The van der Waals surface area contributed by atoms with Crippen molar-refractivity contribution in [2.75, 3.05) is 33.7 Å². The normalized spacial score (nSPS) is 15.7. The summed E-state index contributed by atoms with van der Waals surface area (Å²) in [4.78, 5) is 21.0. The molecule has 1 fully saturated rings. The van der Waals surface area contributed by atoms with Gasteiger partial charge in [0.25, 0.3) is 0 Å². The molecule has 0 unspecified atom stereocenters.